The largest absolute Gasteiger partial charge is 0.309 e. The van der Waals surface area contributed by atoms with Gasteiger partial charge in [0.25, 0.3) is 5.56 Å². The number of nitrogens with zero attached hydrogens (tertiary/aromatic N) is 5. The minimum atomic E-state index is -0.150. The van der Waals surface area contributed by atoms with Crippen LogP contribution < -0.4 is 5.56 Å². The van der Waals surface area contributed by atoms with E-state index >= 15 is 0 Å². The van der Waals surface area contributed by atoms with Crippen molar-refractivity contribution in [1.82, 2.24) is 29.6 Å². The van der Waals surface area contributed by atoms with E-state index in [0.29, 0.717) is 23.4 Å². The number of rotatable bonds is 5. The van der Waals surface area contributed by atoms with E-state index in [4.69, 9.17) is 0 Å². The molecule has 0 aromatic carbocycles. The van der Waals surface area contributed by atoms with Gasteiger partial charge in [-0.15, -0.1) is 11.3 Å². The zero-order chi connectivity index (χ0) is 15.7. The van der Waals surface area contributed by atoms with Gasteiger partial charge in [-0.05, 0) is 13.5 Å². The predicted molar refractivity (Wildman–Crippen MR) is 85.8 cm³/mol. The Morgan fingerprint density at radius 1 is 1.36 bits per heavy atom. The minimum Gasteiger partial charge on any atom is -0.309 e. The Morgan fingerprint density at radius 2 is 2.18 bits per heavy atom. The summed E-state index contributed by atoms with van der Waals surface area (Å²) in [5, 5.41) is 7.81. The van der Waals surface area contributed by atoms with Crippen molar-refractivity contribution < 1.29 is 0 Å². The Morgan fingerprint density at radius 3 is 2.91 bits per heavy atom. The lowest BCUT2D eigenvalue weighted by Gasteiger charge is -2.14. The van der Waals surface area contributed by atoms with Gasteiger partial charge in [0, 0.05) is 19.0 Å². The van der Waals surface area contributed by atoms with Crippen LogP contribution in [0.1, 0.15) is 23.4 Å². The minimum absolute atomic E-state index is 0.150. The lowest BCUT2D eigenvalue weighted by Crippen LogP contribution is -2.22. The van der Waals surface area contributed by atoms with Crippen LogP contribution in [0.25, 0.3) is 11.0 Å². The quantitative estimate of drug-likeness (QED) is 0.767. The third kappa shape index (κ3) is 2.93. The van der Waals surface area contributed by atoms with E-state index in [1.807, 2.05) is 7.05 Å². The summed E-state index contributed by atoms with van der Waals surface area (Å²) < 4.78 is 1.61. The fraction of sp³-hybridized carbons (Fsp3) is 0.429. The summed E-state index contributed by atoms with van der Waals surface area (Å²) in [7, 11) is 3.77. The first-order valence-electron chi connectivity index (χ1n) is 7.09. The maximum absolute atomic E-state index is 12.0. The third-order valence-corrected chi connectivity index (χ3v) is 4.45. The molecular weight excluding hydrogens is 300 g/mol. The molecule has 3 aromatic heterocycles. The first-order valence-corrected chi connectivity index (χ1v) is 7.97. The maximum Gasteiger partial charge on any atom is 0.262 e. The molecule has 3 aromatic rings. The highest BCUT2D eigenvalue weighted by atomic mass is 32.1. The molecule has 0 saturated heterocycles. The van der Waals surface area contributed by atoms with Crippen LogP contribution in [0.15, 0.2) is 16.4 Å². The second-order valence-electron chi connectivity index (χ2n) is 5.28. The molecule has 0 aliphatic heterocycles. The highest BCUT2D eigenvalue weighted by Crippen LogP contribution is 2.12. The monoisotopic (exact) mass is 318 g/mol. The third-order valence-electron chi connectivity index (χ3n) is 3.40. The summed E-state index contributed by atoms with van der Waals surface area (Å²) in [6, 6.07) is 0. The molecule has 8 heteroatoms. The summed E-state index contributed by atoms with van der Waals surface area (Å²) in [4.78, 5) is 26.0. The summed E-state index contributed by atoms with van der Waals surface area (Å²) in [5.74, 6) is 0.634. The summed E-state index contributed by atoms with van der Waals surface area (Å²) >= 11 is 1.68. The molecule has 0 radical (unpaired) electrons. The van der Waals surface area contributed by atoms with Gasteiger partial charge in [-0.3, -0.25) is 14.4 Å². The van der Waals surface area contributed by atoms with Gasteiger partial charge in [-0.1, -0.05) is 6.92 Å². The second kappa shape index (κ2) is 5.98. The van der Waals surface area contributed by atoms with Crippen LogP contribution in [-0.4, -0.2) is 36.7 Å². The molecule has 22 heavy (non-hydrogen) atoms. The first-order chi connectivity index (χ1) is 10.6. The standard InChI is InChI=1S/C14H18N6OS/c1-4-12-16-9(8-22-12)6-19(2)7-11-17-13-10(14(21)18-11)5-15-20(13)3/h5,8H,4,6-7H2,1-3H3,(H,17,18,21). The van der Waals surface area contributed by atoms with Gasteiger partial charge in [-0.2, -0.15) is 5.10 Å². The molecule has 0 unspecified atom stereocenters. The van der Waals surface area contributed by atoms with E-state index in [9.17, 15) is 4.79 Å². The molecule has 0 fully saturated rings. The maximum atomic E-state index is 12.0. The number of nitrogens with one attached hydrogen (secondary N) is 1. The van der Waals surface area contributed by atoms with Crippen LogP contribution in [0.3, 0.4) is 0 Å². The van der Waals surface area contributed by atoms with E-state index < -0.39 is 0 Å². The van der Waals surface area contributed by atoms with Crippen molar-refractivity contribution in [2.75, 3.05) is 7.05 Å². The van der Waals surface area contributed by atoms with E-state index in [1.54, 1.807) is 23.1 Å². The summed E-state index contributed by atoms with van der Waals surface area (Å²) in [6.07, 6.45) is 2.50. The van der Waals surface area contributed by atoms with E-state index in [-0.39, 0.29) is 5.56 Å². The van der Waals surface area contributed by atoms with Crippen LogP contribution in [0.5, 0.6) is 0 Å². The van der Waals surface area contributed by atoms with Crippen molar-refractivity contribution in [1.29, 1.82) is 0 Å². The van der Waals surface area contributed by atoms with Crippen molar-refractivity contribution in [3.8, 4) is 0 Å². The Kier molecular flexibility index (Phi) is 4.04. The number of aromatic nitrogens is 5. The number of hydrogen-bond donors (Lipinski definition) is 1. The molecule has 0 spiro atoms. The van der Waals surface area contributed by atoms with Gasteiger partial charge >= 0.3 is 0 Å². The summed E-state index contributed by atoms with van der Waals surface area (Å²) in [6.45, 7) is 3.38. The van der Waals surface area contributed by atoms with Crippen molar-refractivity contribution in [2.45, 2.75) is 26.4 Å². The van der Waals surface area contributed by atoms with Crippen molar-refractivity contribution in [3.05, 3.63) is 38.5 Å². The number of thiazole rings is 1. The Hall–Kier alpha value is -2.06. The fourth-order valence-electron chi connectivity index (χ4n) is 2.32. The molecule has 116 valence electrons. The molecule has 0 bridgehead atoms. The van der Waals surface area contributed by atoms with Crippen LogP contribution >= 0.6 is 11.3 Å². The molecule has 0 amide bonds. The van der Waals surface area contributed by atoms with Gasteiger partial charge in [0.05, 0.1) is 23.4 Å². The molecule has 7 nitrogen and oxygen atoms in total. The average Bonchev–Trinajstić information content (AvgIpc) is 3.06. The van der Waals surface area contributed by atoms with Gasteiger partial charge in [0.1, 0.15) is 11.2 Å². The normalized spacial score (nSPS) is 11.6. The van der Waals surface area contributed by atoms with Crippen LogP contribution in [-0.2, 0) is 26.6 Å². The second-order valence-corrected chi connectivity index (χ2v) is 6.22. The average molecular weight is 318 g/mol. The topological polar surface area (TPSA) is 79.7 Å². The van der Waals surface area contributed by atoms with Crippen molar-refractivity contribution >= 4 is 22.4 Å². The number of H-pyrrole nitrogens is 1. The lowest BCUT2D eigenvalue weighted by atomic mass is 10.4. The fourth-order valence-corrected chi connectivity index (χ4v) is 3.06. The van der Waals surface area contributed by atoms with Gasteiger partial charge in [0.15, 0.2) is 5.65 Å². The molecule has 0 aliphatic carbocycles. The highest BCUT2D eigenvalue weighted by Gasteiger charge is 2.11. The number of fused-ring (bicyclic) bond motifs is 1. The first kappa shape index (κ1) is 14.9. The molecule has 1 N–H and O–H groups in total. The summed E-state index contributed by atoms with van der Waals surface area (Å²) in [5.41, 5.74) is 1.51. The molecule has 0 aliphatic rings. The van der Waals surface area contributed by atoms with E-state index in [0.717, 1.165) is 23.7 Å². The zero-order valence-corrected chi connectivity index (χ0v) is 13.6. The van der Waals surface area contributed by atoms with Crippen molar-refractivity contribution in [3.63, 3.8) is 0 Å². The molecule has 0 saturated carbocycles. The smallest absolute Gasteiger partial charge is 0.262 e. The van der Waals surface area contributed by atoms with Gasteiger partial charge < -0.3 is 4.98 Å². The van der Waals surface area contributed by atoms with Crippen LogP contribution in [0.4, 0.5) is 0 Å². The van der Waals surface area contributed by atoms with E-state index in [2.05, 4.69) is 37.3 Å². The Bertz CT molecular complexity index is 849. The molecule has 3 rings (SSSR count). The molecular formula is C14H18N6OS. The molecule has 3 heterocycles. The number of aryl methyl sites for hydroxylation is 2. The van der Waals surface area contributed by atoms with Gasteiger partial charge in [-0.25, -0.2) is 9.97 Å². The van der Waals surface area contributed by atoms with Crippen LogP contribution in [0, 0.1) is 0 Å². The number of aromatic amines is 1. The highest BCUT2D eigenvalue weighted by molar-refractivity contribution is 7.09. The lowest BCUT2D eigenvalue weighted by molar-refractivity contribution is 0.307. The Labute approximate surface area is 131 Å². The Balaban J connectivity index is 1.77. The SMILES string of the molecule is CCc1nc(CN(C)Cc2nc3c(cnn3C)c(=O)[nH]2)cs1. The van der Waals surface area contributed by atoms with Crippen molar-refractivity contribution in [2.24, 2.45) is 7.05 Å². The van der Waals surface area contributed by atoms with Crippen LogP contribution in [0.2, 0.25) is 0 Å². The zero-order valence-electron chi connectivity index (χ0n) is 12.8. The van der Waals surface area contributed by atoms with E-state index in [1.165, 1.54) is 6.20 Å². The molecule has 0 atom stereocenters. The van der Waals surface area contributed by atoms with Gasteiger partial charge in [0.2, 0.25) is 0 Å². The predicted octanol–water partition coefficient (Wildman–Crippen LogP) is 1.31. The number of hydrogen-bond acceptors (Lipinski definition) is 6.